The fourth-order valence-electron chi connectivity index (χ4n) is 2.34. The summed E-state index contributed by atoms with van der Waals surface area (Å²) in [6.07, 6.45) is 1.73. The van der Waals surface area contributed by atoms with E-state index in [0.29, 0.717) is 5.92 Å². The van der Waals surface area contributed by atoms with Gasteiger partial charge in [-0.15, -0.1) is 0 Å². The van der Waals surface area contributed by atoms with E-state index >= 15 is 0 Å². The summed E-state index contributed by atoms with van der Waals surface area (Å²) < 4.78 is 5.36. The minimum atomic E-state index is -0.431. The standard InChI is InChI=1S/C14H27NO3/c1-13(2,3)18-12(17)15-7-6-11(9-15)8-14(4,5)10-16/h11,16H,6-10H2,1-5H3. The molecule has 0 bridgehead atoms. The molecule has 1 fully saturated rings. The Balaban J connectivity index is 2.44. The van der Waals surface area contributed by atoms with Crippen molar-refractivity contribution in [3.63, 3.8) is 0 Å². The quantitative estimate of drug-likeness (QED) is 0.845. The summed E-state index contributed by atoms with van der Waals surface area (Å²) in [6.45, 7) is 11.5. The molecule has 1 amide bonds. The molecule has 0 saturated carbocycles. The maximum Gasteiger partial charge on any atom is 0.410 e. The van der Waals surface area contributed by atoms with Crippen molar-refractivity contribution in [2.75, 3.05) is 19.7 Å². The number of aliphatic hydroxyl groups is 1. The Kier molecular flexibility index (Phi) is 4.65. The molecule has 106 valence electrons. The van der Waals surface area contributed by atoms with Gasteiger partial charge in [-0.2, -0.15) is 0 Å². The molecule has 4 heteroatoms. The molecule has 1 rings (SSSR count). The highest BCUT2D eigenvalue weighted by Crippen LogP contribution is 2.31. The average molecular weight is 257 g/mol. The maximum absolute atomic E-state index is 11.9. The highest BCUT2D eigenvalue weighted by atomic mass is 16.6. The lowest BCUT2D eigenvalue weighted by molar-refractivity contribution is 0.0282. The molecule has 0 aromatic rings. The predicted octanol–water partition coefficient (Wildman–Crippen LogP) is 2.65. The lowest BCUT2D eigenvalue weighted by atomic mass is 9.83. The zero-order valence-electron chi connectivity index (χ0n) is 12.3. The van der Waals surface area contributed by atoms with E-state index in [1.807, 2.05) is 20.8 Å². The highest BCUT2D eigenvalue weighted by Gasteiger charge is 2.32. The van der Waals surface area contributed by atoms with E-state index in [9.17, 15) is 9.90 Å². The number of carbonyl (C=O) groups is 1. The third-order valence-electron chi connectivity index (χ3n) is 3.21. The van der Waals surface area contributed by atoms with Crippen molar-refractivity contribution in [1.29, 1.82) is 0 Å². The van der Waals surface area contributed by atoms with E-state index in [4.69, 9.17) is 4.74 Å². The fraction of sp³-hybridized carbons (Fsp3) is 0.929. The van der Waals surface area contributed by atoms with Gasteiger partial charge < -0.3 is 14.7 Å². The fourth-order valence-corrected chi connectivity index (χ4v) is 2.34. The summed E-state index contributed by atoms with van der Waals surface area (Å²) in [5.41, 5.74) is -0.492. The number of rotatable bonds is 3. The topological polar surface area (TPSA) is 49.8 Å². The van der Waals surface area contributed by atoms with Crippen molar-refractivity contribution < 1.29 is 14.6 Å². The van der Waals surface area contributed by atoms with E-state index < -0.39 is 5.60 Å². The van der Waals surface area contributed by atoms with Crippen LogP contribution in [-0.4, -0.2) is 41.4 Å². The van der Waals surface area contributed by atoms with Crippen LogP contribution < -0.4 is 0 Å². The van der Waals surface area contributed by atoms with Gasteiger partial charge in [0.2, 0.25) is 0 Å². The first kappa shape index (κ1) is 15.3. The lowest BCUT2D eigenvalue weighted by Gasteiger charge is -2.26. The monoisotopic (exact) mass is 257 g/mol. The molecule has 0 aromatic heterocycles. The number of amides is 1. The third-order valence-corrected chi connectivity index (χ3v) is 3.21. The number of aliphatic hydroxyl groups excluding tert-OH is 1. The van der Waals surface area contributed by atoms with E-state index in [1.54, 1.807) is 4.90 Å². The van der Waals surface area contributed by atoms with Gasteiger partial charge in [0.1, 0.15) is 5.60 Å². The van der Waals surface area contributed by atoms with E-state index in [2.05, 4.69) is 13.8 Å². The van der Waals surface area contributed by atoms with Crippen LogP contribution in [0.5, 0.6) is 0 Å². The second-order valence-electron chi connectivity index (χ2n) is 7.11. The van der Waals surface area contributed by atoms with Gasteiger partial charge in [-0.25, -0.2) is 4.79 Å². The average Bonchev–Trinajstić information content (AvgIpc) is 2.63. The van der Waals surface area contributed by atoms with Crippen molar-refractivity contribution >= 4 is 6.09 Å². The Morgan fingerprint density at radius 3 is 2.44 bits per heavy atom. The number of nitrogens with zero attached hydrogens (tertiary/aromatic N) is 1. The van der Waals surface area contributed by atoms with Gasteiger partial charge in [-0.1, -0.05) is 13.8 Å². The number of hydrogen-bond acceptors (Lipinski definition) is 3. The summed E-state index contributed by atoms with van der Waals surface area (Å²) in [4.78, 5) is 13.7. The van der Waals surface area contributed by atoms with Gasteiger partial charge in [-0.05, 0) is 44.9 Å². The van der Waals surface area contributed by atoms with Crippen LogP contribution >= 0.6 is 0 Å². The van der Waals surface area contributed by atoms with Gasteiger partial charge in [0.15, 0.2) is 0 Å². The number of carbonyl (C=O) groups excluding carboxylic acids is 1. The normalized spacial score (nSPS) is 21.2. The Morgan fingerprint density at radius 2 is 1.94 bits per heavy atom. The summed E-state index contributed by atoms with van der Waals surface area (Å²) in [6, 6.07) is 0. The second-order valence-corrected chi connectivity index (χ2v) is 7.11. The van der Waals surface area contributed by atoms with Crippen LogP contribution in [0.1, 0.15) is 47.5 Å². The van der Waals surface area contributed by atoms with Crippen molar-refractivity contribution in [3.05, 3.63) is 0 Å². The van der Waals surface area contributed by atoms with Crippen molar-refractivity contribution in [2.24, 2.45) is 11.3 Å². The van der Waals surface area contributed by atoms with Crippen LogP contribution in [0.2, 0.25) is 0 Å². The first-order valence-electron chi connectivity index (χ1n) is 6.72. The Labute approximate surface area is 110 Å². The van der Waals surface area contributed by atoms with E-state index in [0.717, 1.165) is 25.9 Å². The number of ether oxygens (including phenoxy) is 1. The number of likely N-dealkylation sites (tertiary alicyclic amines) is 1. The molecule has 1 aliphatic rings. The molecule has 1 aliphatic heterocycles. The predicted molar refractivity (Wildman–Crippen MR) is 71.4 cm³/mol. The molecular formula is C14H27NO3. The van der Waals surface area contributed by atoms with Crippen LogP contribution in [0.3, 0.4) is 0 Å². The molecule has 0 aromatic carbocycles. The second kappa shape index (κ2) is 5.47. The Hall–Kier alpha value is -0.770. The third kappa shape index (κ3) is 4.84. The van der Waals surface area contributed by atoms with Gasteiger partial charge in [-0.3, -0.25) is 0 Å². The summed E-state index contributed by atoms with van der Waals surface area (Å²) in [5, 5.41) is 9.28. The SMILES string of the molecule is CC(C)(CO)CC1CCN(C(=O)OC(C)(C)C)C1. The van der Waals surface area contributed by atoms with Crippen LogP contribution in [0.4, 0.5) is 4.79 Å². The van der Waals surface area contributed by atoms with Crippen LogP contribution in [0.25, 0.3) is 0 Å². The molecule has 0 radical (unpaired) electrons. The molecular weight excluding hydrogens is 230 g/mol. The molecule has 0 aliphatic carbocycles. The van der Waals surface area contributed by atoms with E-state index in [-0.39, 0.29) is 18.1 Å². The summed E-state index contributed by atoms with van der Waals surface area (Å²) in [5.74, 6) is 0.472. The minimum absolute atomic E-state index is 0.0609. The van der Waals surface area contributed by atoms with Gasteiger partial charge in [0, 0.05) is 19.7 Å². The molecule has 1 N–H and O–H groups in total. The highest BCUT2D eigenvalue weighted by molar-refractivity contribution is 5.68. The lowest BCUT2D eigenvalue weighted by Crippen LogP contribution is -2.35. The van der Waals surface area contributed by atoms with Crippen molar-refractivity contribution in [1.82, 2.24) is 4.90 Å². The van der Waals surface area contributed by atoms with Crippen LogP contribution in [-0.2, 0) is 4.74 Å². The van der Waals surface area contributed by atoms with Crippen molar-refractivity contribution in [3.8, 4) is 0 Å². The zero-order chi connectivity index (χ0) is 14.0. The van der Waals surface area contributed by atoms with Crippen LogP contribution in [0.15, 0.2) is 0 Å². The van der Waals surface area contributed by atoms with Crippen LogP contribution in [0, 0.1) is 11.3 Å². The first-order valence-corrected chi connectivity index (χ1v) is 6.72. The summed E-state index contributed by atoms with van der Waals surface area (Å²) >= 11 is 0. The van der Waals surface area contributed by atoms with E-state index in [1.165, 1.54) is 0 Å². The first-order chi connectivity index (χ1) is 8.13. The molecule has 1 heterocycles. The molecule has 1 unspecified atom stereocenters. The molecule has 0 spiro atoms. The zero-order valence-corrected chi connectivity index (χ0v) is 12.3. The summed E-state index contributed by atoms with van der Waals surface area (Å²) in [7, 11) is 0. The molecule has 18 heavy (non-hydrogen) atoms. The Bertz CT molecular complexity index is 294. The molecule has 1 atom stereocenters. The number of hydrogen-bond donors (Lipinski definition) is 1. The molecule has 1 saturated heterocycles. The van der Waals surface area contributed by atoms with Gasteiger partial charge in [0.25, 0.3) is 0 Å². The van der Waals surface area contributed by atoms with Gasteiger partial charge in [0.05, 0.1) is 0 Å². The smallest absolute Gasteiger partial charge is 0.410 e. The Morgan fingerprint density at radius 1 is 1.33 bits per heavy atom. The maximum atomic E-state index is 11.9. The van der Waals surface area contributed by atoms with Gasteiger partial charge >= 0.3 is 6.09 Å². The largest absolute Gasteiger partial charge is 0.444 e. The minimum Gasteiger partial charge on any atom is -0.444 e. The van der Waals surface area contributed by atoms with Crippen molar-refractivity contribution in [2.45, 2.75) is 53.1 Å². The molecule has 4 nitrogen and oxygen atoms in total.